The van der Waals surface area contributed by atoms with Gasteiger partial charge in [-0.1, -0.05) is 13.2 Å². The third-order valence-corrected chi connectivity index (χ3v) is 2.24. The average molecular weight is 276 g/mol. The van der Waals surface area contributed by atoms with Crippen LogP contribution in [0.15, 0.2) is 42.5 Å². The van der Waals surface area contributed by atoms with Gasteiger partial charge in [0.05, 0.1) is 6.61 Å². The molecule has 0 spiro atoms. The molecule has 0 amide bonds. The van der Waals surface area contributed by atoms with Gasteiger partial charge in [-0.05, 0) is 31.5 Å². The van der Waals surface area contributed by atoms with Crippen molar-refractivity contribution in [3.63, 3.8) is 0 Å². The van der Waals surface area contributed by atoms with E-state index in [1.165, 1.54) is 32.0 Å². The van der Waals surface area contributed by atoms with Gasteiger partial charge in [0, 0.05) is 17.2 Å². The molecule has 0 atom stereocenters. The first kappa shape index (κ1) is 15.7. The zero-order valence-corrected chi connectivity index (χ0v) is 11.4. The summed E-state index contributed by atoms with van der Waals surface area (Å²) >= 11 is 0. The number of ether oxygens (including phenoxy) is 2. The third kappa shape index (κ3) is 4.37. The molecule has 0 fully saturated rings. The Morgan fingerprint density at radius 3 is 1.70 bits per heavy atom. The highest BCUT2D eigenvalue weighted by molar-refractivity contribution is 5.89. The molecule has 0 aliphatic heterocycles. The van der Waals surface area contributed by atoms with E-state index in [0.717, 1.165) is 0 Å². The maximum Gasteiger partial charge on any atom is 0.338 e. The van der Waals surface area contributed by atoms with Crippen molar-refractivity contribution in [2.24, 2.45) is 0 Å². The molecular weight excluding hydrogens is 260 g/mol. The topological polar surface area (TPSA) is 72.8 Å². The van der Waals surface area contributed by atoms with Crippen LogP contribution in [0, 0.1) is 0 Å². The molecule has 0 saturated heterocycles. The summed E-state index contributed by atoms with van der Waals surface area (Å²) < 4.78 is 10.1. The minimum absolute atomic E-state index is 0.161. The lowest BCUT2D eigenvalue weighted by molar-refractivity contribution is -0.130. The van der Waals surface area contributed by atoms with Crippen molar-refractivity contribution in [1.29, 1.82) is 0 Å². The van der Waals surface area contributed by atoms with Crippen molar-refractivity contribution in [3.05, 3.63) is 48.1 Å². The Kier molecular flexibility index (Phi) is 5.23. The highest BCUT2D eigenvalue weighted by Crippen LogP contribution is 2.24. The molecule has 5 heteroatoms. The van der Waals surface area contributed by atoms with Crippen LogP contribution in [0.4, 0.5) is 0 Å². The normalized spacial score (nSPS) is 9.75. The van der Waals surface area contributed by atoms with Gasteiger partial charge in [0.25, 0.3) is 0 Å². The fourth-order valence-corrected chi connectivity index (χ4v) is 1.23. The molecule has 0 aliphatic rings. The van der Waals surface area contributed by atoms with Gasteiger partial charge >= 0.3 is 11.9 Å². The Balaban J connectivity index is 3.02. The molecule has 0 aliphatic carbocycles. The van der Waals surface area contributed by atoms with Crippen LogP contribution in [0.5, 0.6) is 11.5 Å². The molecule has 1 rings (SSSR count). The van der Waals surface area contributed by atoms with Gasteiger partial charge in [0.2, 0.25) is 0 Å². The second kappa shape index (κ2) is 6.68. The largest absolute Gasteiger partial charge is 0.423 e. The Morgan fingerprint density at radius 1 is 1.00 bits per heavy atom. The van der Waals surface area contributed by atoms with Crippen LogP contribution in [-0.4, -0.2) is 17.0 Å². The molecule has 1 aromatic rings. The Labute approximate surface area is 117 Å². The lowest BCUT2D eigenvalue weighted by Crippen LogP contribution is -2.10. The molecular formula is C15H16O5. The number of benzene rings is 1. The quantitative estimate of drug-likeness (QED) is 0.507. The smallest absolute Gasteiger partial charge is 0.338 e. The molecule has 0 unspecified atom stereocenters. The van der Waals surface area contributed by atoms with Gasteiger partial charge < -0.3 is 14.6 Å². The van der Waals surface area contributed by atoms with E-state index in [1.54, 1.807) is 0 Å². The molecule has 1 aromatic carbocycles. The summed E-state index contributed by atoms with van der Waals surface area (Å²) in [5.41, 5.74) is 0.918. The molecule has 1 N–H and O–H groups in total. The van der Waals surface area contributed by atoms with Crippen LogP contribution in [-0.2, 0) is 16.2 Å². The van der Waals surface area contributed by atoms with Crippen molar-refractivity contribution >= 4 is 11.9 Å². The first-order valence-electron chi connectivity index (χ1n) is 5.83. The van der Waals surface area contributed by atoms with Gasteiger partial charge in [-0.2, -0.15) is 0 Å². The lowest BCUT2D eigenvalue weighted by atomic mass is 10.2. The number of carbonyl (C=O) groups excluding carboxylic acids is 2. The summed E-state index contributed by atoms with van der Waals surface area (Å²) in [6.07, 6.45) is 0. The van der Waals surface area contributed by atoms with E-state index in [2.05, 4.69) is 13.2 Å². The van der Waals surface area contributed by atoms with Crippen LogP contribution in [0.3, 0.4) is 0 Å². The van der Waals surface area contributed by atoms with Crippen molar-refractivity contribution in [3.8, 4) is 11.5 Å². The highest BCUT2D eigenvalue weighted by atomic mass is 16.5. The summed E-state index contributed by atoms with van der Waals surface area (Å²) in [5.74, 6) is -0.877. The molecule has 106 valence electrons. The maximum absolute atomic E-state index is 11.4. The fourth-order valence-electron chi connectivity index (χ4n) is 1.23. The summed E-state index contributed by atoms with van der Waals surface area (Å²) in [7, 11) is 0. The zero-order chi connectivity index (χ0) is 15.3. The Bertz CT molecular complexity index is 525. The number of aliphatic hydroxyl groups is 1. The third-order valence-electron chi connectivity index (χ3n) is 2.24. The van der Waals surface area contributed by atoms with Gasteiger partial charge in [-0.15, -0.1) is 0 Å². The van der Waals surface area contributed by atoms with Gasteiger partial charge in [0.15, 0.2) is 0 Å². The molecule has 20 heavy (non-hydrogen) atoms. The number of hydrogen-bond donors (Lipinski definition) is 1. The average Bonchev–Trinajstić information content (AvgIpc) is 2.37. The van der Waals surface area contributed by atoms with Gasteiger partial charge in [-0.3, -0.25) is 0 Å². The van der Waals surface area contributed by atoms with E-state index < -0.39 is 11.9 Å². The summed E-state index contributed by atoms with van der Waals surface area (Å²) in [4.78, 5) is 22.9. The molecule has 5 nitrogen and oxygen atoms in total. The second-order valence-electron chi connectivity index (χ2n) is 4.31. The predicted octanol–water partition coefficient (Wildman–Crippen LogP) is 2.14. The standard InChI is InChI=1S/C15H16O5/c1-9(2)14(17)19-12-5-11(8-16)6-13(7-12)20-15(18)10(3)4/h5-7,16H,1,3,8H2,2,4H3. The van der Waals surface area contributed by atoms with E-state index >= 15 is 0 Å². The first-order chi connectivity index (χ1) is 9.33. The number of carbonyl (C=O) groups is 2. The molecule has 0 saturated carbocycles. The van der Waals surface area contributed by atoms with Crippen LogP contribution >= 0.6 is 0 Å². The number of rotatable bonds is 5. The lowest BCUT2D eigenvalue weighted by Gasteiger charge is -2.09. The van der Waals surface area contributed by atoms with Crippen LogP contribution in [0.1, 0.15) is 19.4 Å². The number of esters is 2. The molecule has 0 heterocycles. The number of hydrogen-bond acceptors (Lipinski definition) is 5. The van der Waals surface area contributed by atoms with Crippen molar-refractivity contribution in [2.75, 3.05) is 0 Å². The summed E-state index contributed by atoms with van der Waals surface area (Å²) in [6, 6.07) is 4.32. The SMILES string of the molecule is C=C(C)C(=O)Oc1cc(CO)cc(OC(=O)C(=C)C)c1. The Morgan fingerprint density at radius 2 is 1.40 bits per heavy atom. The summed E-state index contributed by atoms with van der Waals surface area (Å²) in [5, 5.41) is 9.16. The van der Waals surface area contributed by atoms with Gasteiger partial charge in [-0.25, -0.2) is 9.59 Å². The molecule has 0 aromatic heterocycles. The van der Waals surface area contributed by atoms with Crippen molar-refractivity contribution in [1.82, 2.24) is 0 Å². The maximum atomic E-state index is 11.4. The zero-order valence-electron chi connectivity index (χ0n) is 11.4. The van der Waals surface area contributed by atoms with E-state index in [1.807, 2.05) is 0 Å². The van der Waals surface area contributed by atoms with E-state index in [9.17, 15) is 9.59 Å². The first-order valence-corrected chi connectivity index (χ1v) is 5.83. The van der Waals surface area contributed by atoms with E-state index in [0.29, 0.717) is 5.56 Å². The Hall–Kier alpha value is -2.40. The molecule has 0 bridgehead atoms. The predicted molar refractivity (Wildman–Crippen MR) is 73.3 cm³/mol. The van der Waals surface area contributed by atoms with Crippen molar-refractivity contribution in [2.45, 2.75) is 20.5 Å². The van der Waals surface area contributed by atoms with Crippen molar-refractivity contribution < 1.29 is 24.2 Å². The number of aliphatic hydroxyl groups excluding tert-OH is 1. The van der Waals surface area contributed by atoms with E-state index in [-0.39, 0.29) is 29.3 Å². The van der Waals surface area contributed by atoms with Crippen LogP contribution in [0.2, 0.25) is 0 Å². The molecule has 0 radical (unpaired) electrons. The summed E-state index contributed by atoms with van der Waals surface area (Å²) in [6.45, 7) is 9.68. The highest BCUT2D eigenvalue weighted by Gasteiger charge is 2.11. The van der Waals surface area contributed by atoms with Crippen LogP contribution in [0.25, 0.3) is 0 Å². The fraction of sp³-hybridized carbons (Fsp3) is 0.200. The van der Waals surface area contributed by atoms with E-state index in [4.69, 9.17) is 14.6 Å². The van der Waals surface area contributed by atoms with Gasteiger partial charge in [0.1, 0.15) is 11.5 Å². The minimum Gasteiger partial charge on any atom is -0.423 e. The second-order valence-corrected chi connectivity index (χ2v) is 4.31. The monoisotopic (exact) mass is 276 g/mol. The van der Waals surface area contributed by atoms with Crippen LogP contribution < -0.4 is 9.47 Å². The minimum atomic E-state index is -0.600.